The van der Waals surface area contributed by atoms with Crippen LogP contribution in [0.4, 0.5) is 5.82 Å². The van der Waals surface area contributed by atoms with Crippen LogP contribution in [0.3, 0.4) is 0 Å². The molecular weight excluding hydrogens is 444 g/mol. The number of aryl methyl sites for hydroxylation is 1. The third kappa shape index (κ3) is 5.97. The molecule has 1 amide bonds. The molecule has 9 nitrogen and oxygen atoms in total. The molecule has 1 unspecified atom stereocenters. The number of piperazine rings is 1. The van der Waals surface area contributed by atoms with Crippen LogP contribution >= 0.6 is 0 Å². The van der Waals surface area contributed by atoms with E-state index in [0.717, 1.165) is 58.1 Å². The van der Waals surface area contributed by atoms with Crippen molar-refractivity contribution in [2.45, 2.75) is 26.4 Å². The number of amides is 1. The molecular formula is C26H32N6O3. The molecule has 5 rings (SSSR count). The number of anilines is 1. The van der Waals surface area contributed by atoms with Crippen LogP contribution in [0.5, 0.6) is 5.75 Å². The molecule has 2 fully saturated rings. The summed E-state index contributed by atoms with van der Waals surface area (Å²) in [6.45, 7) is 8.70. The number of carbonyl (C=O) groups excluding carboxylic acids is 1. The molecule has 9 heteroatoms. The third-order valence-electron chi connectivity index (χ3n) is 6.71. The minimum absolute atomic E-state index is 0.0926. The highest BCUT2D eigenvalue weighted by atomic mass is 16.5. The van der Waals surface area contributed by atoms with Crippen molar-refractivity contribution < 1.29 is 14.1 Å². The van der Waals surface area contributed by atoms with Crippen molar-refractivity contribution in [2.75, 3.05) is 50.7 Å². The molecule has 184 valence electrons. The molecule has 2 aliphatic heterocycles. The summed E-state index contributed by atoms with van der Waals surface area (Å²) in [5, 5.41) is 3.82. The number of hydrogen-bond acceptors (Lipinski definition) is 8. The largest absolute Gasteiger partial charge is 0.485 e. The third-order valence-corrected chi connectivity index (χ3v) is 6.71. The van der Waals surface area contributed by atoms with E-state index in [1.165, 1.54) is 6.42 Å². The van der Waals surface area contributed by atoms with E-state index in [-0.39, 0.29) is 12.5 Å². The van der Waals surface area contributed by atoms with Crippen LogP contribution in [-0.4, -0.2) is 76.6 Å². The lowest BCUT2D eigenvalue weighted by atomic mass is 9.96. The Kier molecular flexibility index (Phi) is 7.23. The Labute approximate surface area is 205 Å². The molecule has 2 saturated heterocycles. The summed E-state index contributed by atoms with van der Waals surface area (Å²) in [6.07, 6.45) is 4.08. The minimum atomic E-state index is 0.0926. The maximum atomic E-state index is 13.2. The summed E-state index contributed by atoms with van der Waals surface area (Å²) in [7, 11) is 0. The number of benzene rings is 1. The average molecular weight is 477 g/mol. The first-order valence-electron chi connectivity index (χ1n) is 12.3. The molecule has 1 atom stereocenters. The summed E-state index contributed by atoms with van der Waals surface area (Å²) in [5.74, 6) is 3.34. The number of nitrogens with zero attached hydrogens (tertiary/aromatic N) is 6. The van der Waals surface area contributed by atoms with Gasteiger partial charge in [0.15, 0.2) is 6.61 Å². The van der Waals surface area contributed by atoms with E-state index >= 15 is 0 Å². The average Bonchev–Trinajstić information content (AvgIpc) is 3.33. The molecule has 4 heterocycles. The van der Waals surface area contributed by atoms with Gasteiger partial charge in [-0.15, -0.1) is 0 Å². The van der Waals surface area contributed by atoms with Crippen LogP contribution in [0, 0.1) is 12.8 Å². The van der Waals surface area contributed by atoms with Crippen LogP contribution in [0.25, 0.3) is 0 Å². The van der Waals surface area contributed by atoms with Gasteiger partial charge < -0.3 is 19.1 Å². The molecule has 0 N–H and O–H groups in total. The van der Waals surface area contributed by atoms with Crippen molar-refractivity contribution in [1.82, 2.24) is 24.9 Å². The van der Waals surface area contributed by atoms with Crippen LogP contribution < -0.4 is 9.64 Å². The van der Waals surface area contributed by atoms with Crippen LogP contribution in [0.1, 0.15) is 34.9 Å². The highest BCUT2D eigenvalue weighted by molar-refractivity contribution is 5.94. The number of aromatic nitrogens is 3. The van der Waals surface area contributed by atoms with Crippen molar-refractivity contribution in [3.05, 3.63) is 65.9 Å². The highest BCUT2D eigenvalue weighted by Crippen LogP contribution is 2.22. The second kappa shape index (κ2) is 10.9. The smallest absolute Gasteiger partial charge is 0.253 e. The van der Waals surface area contributed by atoms with Gasteiger partial charge in [-0.1, -0.05) is 11.2 Å². The summed E-state index contributed by atoms with van der Waals surface area (Å²) in [5.41, 5.74) is 0.692. The van der Waals surface area contributed by atoms with Crippen molar-refractivity contribution in [3.8, 4) is 5.75 Å². The summed E-state index contributed by atoms with van der Waals surface area (Å²) in [6, 6.07) is 13.4. The van der Waals surface area contributed by atoms with Crippen LogP contribution in [0.15, 0.2) is 53.2 Å². The van der Waals surface area contributed by atoms with Crippen LogP contribution in [-0.2, 0) is 6.61 Å². The lowest BCUT2D eigenvalue weighted by molar-refractivity contribution is 0.0637. The number of hydrogen-bond donors (Lipinski definition) is 0. The fourth-order valence-electron chi connectivity index (χ4n) is 4.89. The van der Waals surface area contributed by atoms with Gasteiger partial charge in [0.2, 0.25) is 11.7 Å². The fraction of sp³-hybridized carbons (Fsp3) is 0.462. The molecule has 0 saturated carbocycles. The van der Waals surface area contributed by atoms with E-state index in [1.54, 1.807) is 6.92 Å². The molecule has 2 aromatic heterocycles. The van der Waals surface area contributed by atoms with E-state index in [4.69, 9.17) is 9.26 Å². The van der Waals surface area contributed by atoms with Gasteiger partial charge in [0.25, 0.3) is 5.91 Å². The molecule has 35 heavy (non-hydrogen) atoms. The van der Waals surface area contributed by atoms with Crippen LogP contribution in [0.2, 0.25) is 0 Å². The van der Waals surface area contributed by atoms with Gasteiger partial charge in [-0.25, -0.2) is 4.98 Å². The molecule has 0 radical (unpaired) electrons. The maximum Gasteiger partial charge on any atom is 0.253 e. The quantitative estimate of drug-likeness (QED) is 0.514. The van der Waals surface area contributed by atoms with Crippen molar-refractivity contribution >= 4 is 11.7 Å². The normalized spacial score (nSPS) is 19.1. The number of pyridine rings is 1. The highest BCUT2D eigenvalue weighted by Gasteiger charge is 2.27. The molecule has 2 aliphatic rings. The summed E-state index contributed by atoms with van der Waals surface area (Å²) in [4.78, 5) is 28.7. The van der Waals surface area contributed by atoms with Crippen molar-refractivity contribution in [1.29, 1.82) is 0 Å². The molecule has 0 aliphatic carbocycles. The van der Waals surface area contributed by atoms with E-state index in [9.17, 15) is 4.79 Å². The Bertz CT molecular complexity index is 1100. The number of carbonyl (C=O) groups is 1. The zero-order valence-corrected chi connectivity index (χ0v) is 20.2. The molecule has 0 bridgehead atoms. The maximum absolute atomic E-state index is 13.2. The first-order valence-corrected chi connectivity index (χ1v) is 12.3. The Morgan fingerprint density at radius 1 is 1.09 bits per heavy atom. The zero-order chi connectivity index (χ0) is 24.0. The predicted molar refractivity (Wildman–Crippen MR) is 131 cm³/mol. The van der Waals surface area contributed by atoms with Gasteiger partial charge in [-0.3, -0.25) is 9.69 Å². The summed E-state index contributed by atoms with van der Waals surface area (Å²) < 4.78 is 10.7. The zero-order valence-electron chi connectivity index (χ0n) is 20.2. The second-order valence-corrected chi connectivity index (χ2v) is 9.28. The first-order chi connectivity index (χ1) is 17.1. The monoisotopic (exact) mass is 476 g/mol. The molecule has 1 aromatic carbocycles. The second-order valence-electron chi connectivity index (χ2n) is 9.28. The van der Waals surface area contributed by atoms with Gasteiger partial charge in [0.1, 0.15) is 11.6 Å². The van der Waals surface area contributed by atoms with Gasteiger partial charge in [-0.05, 0) is 55.2 Å². The van der Waals surface area contributed by atoms with Gasteiger partial charge >= 0.3 is 0 Å². The lowest BCUT2D eigenvalue weighted by Gasteiger charge is -2.39. The summed E-state index contributed by atoms with van der Waals surface area (Å²) >= 11 is 0. The van der Waals surface area contributed by atoms with E-state index in [0.29, 0.717) is 28.9 Å². The Morgan fingerprint density at radius 2 is 1.91 bits per heavy atom. The van der Waals surface area contributed by atoms with Crippen molar-refractivity contribution in [3.63, 3.8) is 0 Å². The Balaban J connectivity index is 1.09. The fourth-order valence-corrected chi connectivity index (χ4v) is 4.89. The SMILES string of the molecule is Cc1nc(COc2ccc(C(=O)N3CCCC(CN4CCN(c5ccccn5)CC4)C3)cc2)no1. The van der Waals surface area contributed by atoms with Crippen molar-refractivity contribution in [2.24, 2.45) is 5.92 Å². The molecule has 0 spiro atoms. The first kappa shape index (κ1) is 23.3. The van der Waals surface area contributed by atoms with Gasteiger partial charge in [0, 0.05) is 64.5 Å². The van der Waals surface area contributed by atoms with E-state index in [2.05, 4.69) is 31.0 Å². The van der Waals surface area contributed by atoms with Gasteiger partial charge in [0.05, 0.1) is 0 Å². The topological polar surface area (TPSA) is 87.8 Å². The molecule has 3 aromatic rings. The Morgan fingerprint density at radius 3 is 2.63 bits per heavy atom. The number of likely N-dealkylation sites (tertiary alicyclic amines) is 1. The lowest BCUT2D eigenvalue weighted by Crippen LogP contribution is -2.50. The minimum Gasteiger partial charge on any atom is -0.485 e. The standard InChI is InChI=1S/C26H32N6O3/c1-20-28-24(29-35-20)19-34-23-9-7-22(8-10-23)26(33)32-12-4-5-21(18-32)17-30-13-15-31(16-14-30)25-6-2-3-11-27-25/h2-3,6-11,21H,4-5,12-19H2,1H3. The van der Waals surface area contributed by atoms with E-state index in [1.807, 2.05) is 47.5 Å². The van der Waals surface area contributed by atoms with E-state index < -0.39 is 0 Å². The van der Waals surface area contributed by atoms with Gasteiger partial charge in [-0.2, -0.15) is 4.98 Å². The number of rotatable bonds is 7. The number of ether oxygens (including phenoxy) is 1. The Hall–Kier alpha value is -3.46. The number of piperidine rings is 1. The predicted octanol–water partition coefficient (Wildman–Crippen LogP) is 3.03.